The predicted molar refractivity (Wildman–Crippen MR) is 121 cm³/mol. The predicted octanol–water partition coefficient (Wildman–Crippen LogP) is 3.25. The molecular formula is C24H26N4O2S. The summed E-state index contributed by atoms with van der Waals surface area (Å²) in [6.07, 6.45) is 2.77. The first kappa shape index (κ1) is 20.2. The Kier molecular flexibility index (Phi) is 5.46. The number of aryl methyl sites for hydroxylation is 1. The van der Waals surface area contributed by atoms with Crippen molar-refractivity contribution < 1.29 is 9.53 Å². The van der Waals surface area contributed by atoms with Crippen molar-refractivity contribution in [1.82, 2.24) is 15.3 Å². The number of hydrogen-bond donors (Lipinski definition) is 1. The maximum absolute atomic E-state index is 12.8. The summed E-state index contributed by atoms with van der Waals surface area (Å²) in [5.74, 6) is -0.0288. The molecule has 31 heavy (non-hydrogen) atoms. The Balaban J connectivity index is 1.25. The van der Waals surface area contributed by atoms with Gasteiger partial charge in [-0.15, -0.1) is 11.3 Å². The number of fused-ring (bicyclic) bond motifs is 2. The first-order chi connectivity index (χ1) is 15.1. The highest BCUT2D eigenvalue weighted by Crippen LogP contribution is 2.47. The summed E-state index contributed by atoms with van der Waals surface area (Å²) in [6.45, 7) is 4.80. The van der Waals surface area contributed by atoms with E-state index in [9.17, 15) is 4.79 Å². The lowest BCUT2D eigenvalue weighted by atomic mass is 9.80. The first-order valence-electron chi connectivity index (χ1n) is 10.7. The number of amides is 1. The Morgan fingerprint density at radius 3 is 2.94 bits per heavy atom. The quantitative estimate of drug-likeness (QED) is 0.645. The minimum Gasteiger partial charge on any atom is -0.367 e. The summed E-state index contributed by atoms with van der Waals surface area (Å²) in [7, 11) is 0. The van der Waals surface area contributed by atoms with E-state index in [1.54, 1.807) is 17.5 Å². The van der Waals surface area contributed by atoms with Crippen molar-refractivity contribution >= 4 is 22.9 Å². The van der Waals surface area contributed by atoms with E-state index in [4.69, 9.17) is 4.74 Å². The van der Waals surface area contributed by atoms with Crippen LogP contribution in [0.4, 0.5) is 5.69 Å². The largest absolute Gasteiger partial charge is 0.367 e. The fourth-order valence-corrected chi connectivity index (χ4v) is 5.33. The third-order valence-electron chi connectivity index (χ3n) is 6.16. The number of aromatic nitrogens is 2. The van der Waals surface area contributed by atoms with E-state index in [0.29, 0.717) is 26.0 Å². The molecule has 2 aromatic heterocycles. The lowest BCUT2D eigenvalue weighted by Gasteiger charge is -2.24. The minimum absolute atomic E-state index is 0.0288. The van der Waals surface area contributed by atoms with Crippen LogP contribution in [0.2, 0.25) is 0 Å². The molecule has 4 heterocycles. The zero-order valence-electron chi connectivity index (χ0n) is 17.6. The SMILES string of the molecule is Cc1nc(CN2C[C@]3(CO[C@@H](C(=O)NCCc4ccccn4)C3)c3ccccc32)cs1. The van der Waals surface area contributed by atoms with Gasteiger partial charge >= 0.3 is 0 Å². The summed E-state index contributed by atoms with van der Waals surface area (Å²) in [6, 6.07) is 14.3. The van der Waals surface area contributed by atoms with E-state index in [1.165, 1.54) is 11.3 Å². The standard InChI is InChI=1S/C24H26N4O2S/c1-17-27-19(14-31-17)13-28-15-24(20-7-2-3-8-21(20)28)12-22(30-16-24)23(29)26-11-9-18-6-4-5-10-25-18/h2-8,10,14,22H,9,11-13,15-16H2,1H3,(H,26,29)/t22-,24-/m1/s1. The maximum Gasteiger partial charge on any atom is 0.249 e. The molecule has 1 amide bonds. The third-order valence-corrected chi connectivity index (χ3v) is 6.99. The number of rotatable bonds is 6. The number of ether oxygens (including phenoxy) is 1. The van der Waals surface area contributed by atoms with Crippen LogP contribution in [-0.2, 0) is 27.9 Å². The van der Waals surface area contributed by atoms with Crippen molar-refractivity contribution in [3.63, 3.8) is 0 Å². The Bertz CT molecular complexity index is 1070. The van der Waals surface area contributed by atoms with Gasteiger partial charge in [-0.2, -0.15) is 0 Å². The lowest BCUT2D eigenvalue weighted by molar-refractivity contribution is -0.129. The Labute approximate surface area is 186 Å². The summed E-state index contributed by atoms with van der Waals surface area (Å²) >= 11 is 1.68. The number of para-hydroxylation sites is 1. The number of nitrogens with zero attached hydrogens (tertiary/aromatic N) is 3. The van der Waals surface area contributed by atoms with Gasteiger partial charge in [0.05, 0.1) is 23.9 Å². The van der Waals surface area contributed by atoms with E-state index in [0.717, 1.165) is 29.5 Å². The van der Waals surface area contributed by atoms with E-state index in [2.05, 4.69) is 49.8 Å². The number of benzene rings is 1. The fourth-order valence-electron chi connectivity index (χ4n) is 4.72. The molecule has 2 aliphatic heterocycles. The summed E-state index contributed by atoms with van der Waals surface area (Å²) in [4.78, 5) is 24.1. The molecule has 0 bridgehead atoms. The van der Waals surface area contributed by atoms with E-state index in [-0.39, 0.29) is 11.3 Å². The van der Waals surface area contributed by atoms with Gasteiger partial charge in [-0.3, -0.25) is 9.78 Å². The molecule has 0 unspecified atom stereocenters. The second kappa shape index (κ2) is 8.40. The van der Waals surface area contributed by atoms with Crippen molar-refractivity contribution in [1.29, 1.82) is 0 Å². The van der Waals surface area contributed by atoms with Crippen LogP contribution in [0.25, 0.3) is 0 Å². The van der Waals surface area contributed by atoms with E-state index in [1.807, 2.05) is 25.1 Å². The summed E-state index contributed by atoms with van der Waals surface area (Å²) < 4.78 is 6.05. The fraction of sp³-hybridized carbons (Fsp3) is 0.375. The number of anilines is 1. The van der Waals surface area contributed by atoms with Crippen LogP contribution < -0.4 is 10.2 Å². The lowest BCUT2D eigenvalue weighted by Crippen LogP contribution is -2.38. The van der Waals surface area contributed by atoms with Crippen molar-refractivity contribution in [2.45, 2.75) is 37.8 Å². The summed E-state index contributed by atoms with van der Waals surface area (Å²) in [5.41, 5.74) is 4.44. The first-order valence-corrected chi connectivity index (χ1v) is 11.6. The van der Waals surface area contributed by atoms with Gasteiger partial charge in [-0.25, -0.2) is 4.98 Å². The molecule has 1 saturated heterocycles. The van der Waals surface area contributed by atoms with Crippen LogP contribution in [0.5, 0.6) is 0 Å². The van der Waals surface area contributed by atoms with Gasteiger partial charge in [0.1, 0.15) is 6.10 Å². The average molecular weight is 435 g/mol. The number of nitrogens with one attached hydrogen (secondary N) is 1. The minimum atomic E-state index is -0.418. The van der Waals surface area contributed by atoms with Gasteiger partial charge in [0.15, 0.2) is 0 Å². The molecule has 0 saturated carbocycles. The van der Waals surface area contributed by atoms with Crippen molar-refractivity contribution in [2.75, 3.05) is 24.6 Å². The second-order valence-electron chi connectivity index (χ2n) is 8.38. The number of hydrogen-bond acceptors (Lipinski definition) is 6. The van der Waals surface area contributed by atoms with Gasteiger partial charge in [0.2, 0.25) is 5.91 Å². The third kappa shape index (κ3) is 4.07. The molecule has 0 radical (unpaired) electrons. The van der Waals surface area contributed by atoms with Gasteiger partial charge in [0, 0.05) is 47.9 Å². The van der Waals surface area contributed by atoms with Crippen molar-refractivity contribution in [3.8, 4) is 0 Å². The van der Waals surface area contributed by atoms with Crippen LogP contribution in [0, 0.1) is 6.92 Å². The van der Waals surface area contributed by atoms with Crippen LogP contribution in [0.3, 0.4) is 0 Å². The number of pyridine rings is 1. The van der Waals surface area contributed by atoms with Gasteiger partial charge in [-0.1, -0.05) is 24.3 Å². The molecule has 6 nitrogen and oxygen atoms in total. The maximum atomic E-state index is 12.8. The normalized spacial score (nSPS) is 22.1. The van der Waals surface area contributed by atoms with Gasteiger partial charge in [-0.05, 0) is 37.1 Å². The molecule has 1 N–H and O–H groups in total. The zero-order valence-corrected chi connectivity index (χ0v) is 18.4. The molecule has 1 aromatic carbocycles. The topological polar surface area (TPSA) is 67.4 Å². The highest BCUT2D eigenvalue weighted by Gasteiger charge is 2.50. The number of thiazole rings is 1. The van der Waals surface area contributed by atoms with Crippen molar-refractivity contribution in [2.24, 2.45) is 0 Å². The molecule has 160 valence electrons. The number of carbonyl (C=O) groups is 1. The Morgan fingerprint density at radius 2 is 2.13 bits per heavy atom. The number of carbonyl (C=O) groups excluding carboxylic acids is 1. The van der Waals surface area contributed by atoms with Crippen LogP contribution >= 0.6 is 11.3 Å². The van der Waals surface area contributed by atoms with Crippen LogP contribution in [-0.4, -0.2) is 41.7 Å². The monoisotopic (exact) mass is 434 g/mol. The van der Waals surface area contributed by atoms with E-state index >= 15 is 0 Å². The molecule has 7 heteroatoms. The zero-order chi connectivity index (χ0) is 21.3. The average Bonchev–Trinajstić information content (AvgIpc) is 3.48. The van der Waals surface area contributed by atoms with Gasteiger partial charge < -0.3 is 15.0 Å². The van der Waals surface area contributed by atoms with Gasteiger partial charge in [0.25, 0.3) is 0 Å². The molecule has 1 fully saturated rings. The Hall–Kier alpha value is -2.77. The molecule has 3 aromatic rings. The highest BCUT2D eigenvalue weighted by atomic mass is 32.1. The highest BCUT2D eigenvalue weighted by molar-refractivity contribution is 7.09. The van der Waals surface area contributed by atoms with Crippen LogP contribution in [0.1, 0.15) is 28.4 Å². The molecule has 0 aliphatic carbocycles. The molecule has 2 atom stereocenters. The van der Waals surface area contributed by atoms with Crippen molar-refractivity contribution in [3.05, 3.63) is 76.0 Å². The smallest absolute Gasteiger partial charge is 0.249 e. The Morgan fingerprint density at radius 1 is 1.26 bits per heavy atom. The molecule has 1 spiro atoms. The molecule has 2 aliphatic rings. The summed E-state index contributed by atoms with van der Waals surface area (Å²) in [5, 5.41) is 6.25. The molecular weight excluding hydrogens is 408 g/mol. The molecule has 5 rings (SSSR count). The van der Waals surface area contributed by atoms with Crippen LogP contribution in [0.15, 0.2) is 54.0 Å². The van der Waals surface area contributed by atoms with E-state index < -0.39 is 6.10 Å². The second-order valence-corrected chi connectivity index (χ2v) is 9.44.